The molecule has 22 heavy (non-hydrogen) atoms. The number of nitrogens with two attached hydrogens (primary N) is 1. The molecule has 1 unspecified atom stereocenters. The summed E-state index contributed by atoms with van der Waals surface area (Å²) in [6.45, 7) is 0.800. The number of nitrogens with zero attached hydrogens (tertiary/aromatic N) is 1. The van der Waals surface area contributed by atoms with Gasteiger partial charge in [0.1, 0.15) is 0 Å². The van der Waals surface area contributed by atoms with Gasteiger partial charge in [-0.2, -0.15) is 4.31 Å². The fraction of sp³-hybridized carbons (Fsp3) is 0.538. The Labute approximate surface area is 138 Å². The molecular formula is C13H21ClN2O4S2. The van der Waals surface area contributed by atoms with Crippen LogP contribution in [0.1, 0.15) is 18.4 Å². The first-order chi connectivity index (χ1) is 9.68. The van der Waals surface area contributed by atoms with Crippen LogP contribution in [0.5, 0.6) is 0 Å². The maximum atomic E-state index is 12.5. The van der Waals surface area contributed by atoms with Crippen molar-refractivity contribution >= 4 is 32.3 Å². The van der Waals surface area contributed by atoms with Crippen molar-refractivity contribution in [2.24, 2.45) is 5.73 Å². The molecule has 1 fully saturated rings. The minimum absolute atomic E-state index is 0. The van der Waals surface area contributed by atoms with Gasteiger partial charge < -0.3 is 5.73 Å². The number of piperidine rings is 1. The first-order valence-electron chi connectivity index (χ1n) is 6.71. The number of sulfonamides is 1. The Balaban J connectivity index is 0.00000242. The average molecular weight is 369 g/mol. The van der Waals surface area contributed by atoms with Gasteiger partial charge in [0, 0.05) is 25.4 Å². The Bertz CT molecular complexity index is 702. The number of benzene rings is 1. The van der Waals surface area contributed by atoms with Gasteiger partial charge in [-0.15, -0.1) is 12.4 Å². The number of hydrogen-bond donors (Lipinski definition) is 1. The number of halogens is 1. The van der Waals surface area contributed by atoms with Crippen LogP contribution < -0.4 is 5.73 Å². The summed E-state index contributed by atoms with van der Waals surface area (Å²) in [4.78, 5) is 0.175. The Morgan fingerprint density at radius 1 is 1.18 bits per heavy atom. The summed E-state index contributed by atoms with van der Waals surface area (Å²) in [5.74, 6) is -0.0953. The Morgan fingerprint density at radius 3 is 2.27 bits per heavy atom. The lowest BCUT2D eigenvalue weighted by molar-refractivity contribution is 0.316. The lowest BCUT2D eigenvalue weighted by Crippen LogP contribution is -2.45. The van der Waals surface area contributed by atoms with Gasteiger partial charge >= 0.3 is 0 Å². The van der Waals surface area contributed by atoms with Crippen LogP contribution in [0.15, 0.2) is 29.2 Å². The standard InChI is InChI=1S/C13H20N2O4S2.ClH/c1-20(16,17)10-11-4-6-13(7-5-11)21(18,19)15-8-2-3-12(14)9-15;/h4-7,12H,2-3,8-10,14H2,1H3;1H. The van der Waals surface area contributed by atoms with Gasteiger partial charge in [-0.25, -0.2) is 16.8 Å². The number of rotatable bonds is 4. The first kappa shape index (κ1) is 19.4. The third-order valence-corrected chi connectivity index (χ3v) is 6.15. The molecule has 0 saturated carbocycles. The smallest absolute Gasteiger partial charge is 0.243 e. The quantitative estimate of drug-likeness (QED) is 0.846. The molecule has 1 atom stereocenters. The highest BCUT2D eigenvalue weighted by Gasteiger charge is 2.28. The predicted octanol–water partition coefficient (Wildman–Crippen LogP) is 0.765. The molecule has 0 spiro atoms. The van der Waals surface area contributed by atoms with Gasteiger partial charge in [-0.05, 0) is 30.5 Å². The van der Waals surface area contributed by atoms with Gasteiger partial charge in [0.25, 0.3) is 0 Å². The summed E-state index contributed by atoms with van der Waals surface area (Å²) in [6.07, 6.45) is 2.73. The molecule has 0 aliphatic carbocycles. The highest BCUT2D eigenvalue weighted by atomic mass is 35.5. The van der Waals surface area contributed by atoms with E-state index in [0.717, 1.165) is 19.1 Å². The molecule has 0 aromatic heterocycles. The largest absolute Gasteiger partial charge is 0.327 e. The van der Waals surface area contributed by atoms with E-state index in [1.807, 2.05) is 0 Å². The molecule has 2 N–H and O–H groups in total. The third-order valence-electron chi connectivity index (χ3n) is 3.41. The van der Waals surface area contributed by atoms with Crippen molar-refractivity contribution in [1.82, 2.24) is 4.31 Å². The van der Waals surface area contributed by atoms with Crippen molar-refractivity contribution in [2.45, 2.75) is 29.5 Å². The highest BCUT2D eigenvalue weighted by molar-refractivity contribution is 7.90. The van der Waals surface area contributed by atoms with Crippen LogP contribution in [-0.4, -0.2) is 46.5 Å². The minimum atomic E-state index is -3.55. The summed E-state index contributed by atoms with van der Waals surface area (Å²) in [6, 6.07) is 5.86. The van der Waals surface area contributed by atoms with Gasteiger partial charge in [-0.1, -0.05) is 12.1 Å². The van der Waals surface area contributed by atoms with Crippen LogP contribution in [0, 0.1) is 0 Å². The van der Waals surface area contributed by atoms with Gasteiger partial charge in [0.05, 0.1) is 10.6 Å². The first-order valence-corrected chi connectivity index (χ1v) is 10.2. The monoisotopic (exact) mass is 368 g/mol. The summed E-state index contributed by atoms with van der Waals surface area (Å²) in [5.41, 5.74) is 6.40. The van der Waals surface area contributed by atoms with Crippen molar-refractivity contribution in [3.8, 4) is 0 Å². The lowest BCUT2D eigenvalue weighted by atomic mass is 10.1. The van der Waals surface area contributed by atoms with Gasteiger partial charge in [0.15, 0.2) is 9.84 Å². The zero-order chi connectivity index (χ0) is 15.7. The normalized spacial score (nSPS) is 20.4. The Kier molecular flexibility index (Phi) is 6.40. The summed E-state index contributed by atoms with van der Waals surface area (Å²) in [5, 5.41) is 0. The van der Waals surface area contributed by atoms with Crippen LogP contribution in [0.3, 0.4) is 0 Å². The lowest BCUT2D eigenvalue weighted by Gasteiger charge is -2.29. The van der Waals surface area contributed by atoms with E-state index in [4.69, 9.17) is 5.73 Å². The second kappa shape index (κ2) is 7.27. The Morgan fingerprint density at radius 2 is 1.77 bits per heavy atom. The summed E-state index contributed by atoms with van der Waals surface area (Å²) >= 11 is 0. The highest BCUT2D eigenvalue weighted by Crippen LogP contribution is 2.21. The van der Waals surface area contributed by atoms with Crippen molar-refractivity contribution in [1.29, 1.82) is 0 Å². The van der Waals surface area contributed by atoms with Gasteiger partial charge in [-0.3, -0.25) is 0 Å². The van der Waals surface area contributed by atoms with E-state index >= 15 is 0 Å². The molecule has 0 bridgehead atoms. The van der Waals surface area contributed by atoms with Crippen LogP contribution >= 0.6 is 12.4 Å². The predicted molar refractivity (Wildman–Crippen MR) is 88.2 cm³/mol. The van der Waals surface area contributed by atoms with Gasteiger partial charge in [0.2, 0.25) is 10.0 Å². The maximum Gasteiger partial charge on any atom is 0.243 e. The second-order valence-corrected chi connectivity index (χ2v) is 9.56. The van der Waals surface area contributed by atoms with E-state index in [2.05, 4.69) is 0 Å². The summed E-state index contributed by atoms with van der Waals surface area (Å²) < 4.78 is 48.8. The fourth-order valence-electron chi connectivity index (χ4n) is 2.40. The molecule has 9 heteroatoms. The molecule has 6 nitrogen and oxygen atoms in total. The van der Waals surface area contributed by atoms with E-state index < -0.39 is 19.9 Å². The fourth-order valence-corrected chi connectivity index (χ4v) is 4.74. The van der Waals surface area contributed by atoms with Crippen molar-refractivity contribution < 1.29 is 16.8 Å². The van der Waals surface area contributed by atoms with Crippen LogP contribution in [0.25, 0.3) is 0 Å². The van der Waals surface area contributed by atoms with Crippen LogP contribution in [-0.2, 0) is 25.6 Å². The zero-order valence-electron chi connectivity index (χ0n) is 12.3. The second-order valence-electron chi connectivity index (χ2n) is 5.48. The van der Waals surface area contributed by atoms with Crippen LogP contribution in [0.4, 0.5) is 0 Å². The van der Waals surface area contributed by atoms with E-state index in [1.165, 1.54) is 28.6 Å². The minimum Gasteiger partial charge on any atom is -0.327 e. The molecule has 126 valence electrons. The molecule has 1 aliphatic rings. The molecular weight excluding hydrogens is 348 g/mol. The molecule has 1 aromatic carbocycles. The third kappa shape index (κ3) is 4.92. The summed E-state index contributed by atoms with van der Waals surface area (Å²) in [7, 11) is -6.68. The topological polar surface area (TPSA) is 97.5 Å². The van der Waals surface area contributed by atoms with Crippen molar-refractivity contribution in [3.63, 3.8) is 0 Å². The van der Waals surface area contributed by atoms with E-state index in [0.29, 0.717) is 18.7 Å². The molecule has 2 rings (SSSR count). The number of sulfone groups is 1. The van der Waals surface area contributed by atoms with Crippen molar-refractivity contribution in [3.05, 3.63) is 29.8 Å². The molecule has 1 saturated heterocycles. The molecule has 0 amide bonds. The maximum absolute atomic E-state index is 12.5. The van der Waals surface area contributed by atoms with E-state index in [-0.39, 0.29) is 29.1 Å². The molecule has 0 radical (unpaired) electrons. The average Bonchev–Trinajstić information content (AvgIpc) is 2.37. The number of hydrogen-bond acceptors (Lipinski definition) is 5. The van der Waals surface area contributed by atoms with Crippen molar-refractivity contribution in [2.75, 3.05) is 19.3 Å². The zero-order valence-corrected chi connectivity index (χ0v) is 14.8. The van der Waals surface area contributed by atoms with E-state index in [9.17, 15) is 16.8 Å². The van der Waals surface area contributed by atoms with E-state index in [1.54, 1.807) is 0 Å². The van der Waals surface area contributed by atoms with Crippen LogP contribution in [0.2, 0.25) is 0 Å². The molecule has 1 aliphatic heterocycles. The molecule has 1 aromatic rings. The molecule has 1 heterocycles. The SMILES string of the molecule is CS(=O)(=O)Cc1ccc(S(=O)(=O)N2CCCC(N)C2)cc1.Cl. The Hall–Kier alpha value is -0.670.